The Labute approximate surface area is 106 Å². The summed E-state index contributed by atoms with van der Waals surface area (Å²) in [7, 11) is 0. The Morgan fingerprint density at radius 2 is 1.83 bits per heavy atom. The average Bonchev–Trinajstić information content (AvgIpc) is 2.45. The molecule has 2 aromatic rings. The minimum atomic E-state index is 0.164. The molecule has 0 atom stereocenters. The van der Waals surface area contributed by atoms with E-state index in [1.807, 2.05) is 30.3 Å². The summed E-state index contributed by atoms with van der Waals surface area (Å²) < 4.78 is 10.8. The van der Waals surface area contributed by atoms with Gasteiger partial charge in [-0.3, -0.25) is 4.79 Å². The van der Waals surface area contributed by atoms with Gasteiger partial charge < -0.3 is 9.47 Å². The highest BCUT2D eigenvalue weighted by atomic mass is 16.7. The van der Waals surface area contributed by atoms with Gasteiger partial charge in [-0.05, 0) is 17.7 Å². The third-order valence-electron chi connectivity index (χ3n) is 2.41. The molecule has 0 saturated carbocycles. The Balaban J connectivity index is 1.76. The second kappa shape index (κ2) is 6.57. The zero-order valence-corrected chi connectivity index (χ0v) is 9.91. The molecule has 0 aliphatic rings. The van der Waals surface area contributed by atoms with Gasteiger partial charge in [0.25, 0.3) is 0 Å². The van der Waals surface area contributed by atoms with Gasteiger partial charge in [0.2, 0.25) is 0 Å². The molecule has 0 saturated heterocycles. The Morgan fingerprint density at radius 3 is 2.61 bits per heavy atom. The molecule has 3 nitrogen and oxygen atoms in total. The summed E-state index contributed by atoms with van der Waals surface area (Å²) in [5.41, 5.74) is 1.69. The number of rotatable bonds is 6. The smallest absolute Gasteiger partial charge is 0.189 e. The van der Waals surface area contributed by atoms with Gasteiger partial charge in [-0.2, -0.15) is 0 Å². The first-order valence-corrected chi connectivity index (χ1v) is 5.68. The second-order valence-corrected chi connectivity index (χ2v) is 3.79. The van der Waals surface area contributed by atoms with E-state index in [2.05, 4.69) is 0 Å². The lowest BCUT2D eigenvalue weighted by atomic mass is 10.2. The summed E-state index contributed by atoms with van der Waals surface area (Å²) in [6.07, 6.45) is 0.789. The number of ether oxygens (including phenoxy) is 2. The Hall–Kier alpha value is -2.13. The van der Waals surface area contributed by atoms with Crippen LogP contribution in [0.3, 0.4) is 0 Å². The molecular formula is C15H14O3. The standard InChI is InChI=1S/C15H14O3/c16-10-14-7-4-8-15(9-14)18-12-17-11-13-5-2-1-3-6-13/h1-10H,11-12H2. The Kier molecular flexibility index (Phi) is 4.50. The van der Waals surface area contributed by atoms with Crippen LogP contribution in [-0.2, 0) is 11.3 Å². The van der Waals surface area contributed by atoms with Crippen LogP contribution in [0.1, 0.15) is 15.9 Å². The lowest BCUT2D eigenvalue weighted by Crippen LogP contribution is -2.03. The predicted octanol–water partition coefficient (Wildman–Crippen LogP) is 3.05. The minimum Gasteiger partial charge on any atom is -0.468 e. The van der Waals surface area contributed by atoms with Crippen LogP contribution in [0.25, 0.3) is 0 Å². The summed E-state index contributed by atoms with van der Waals surface area (Å²) in [4.78, 5) is 10.6. The molecule has 0 heterocycles. The molecule has 0 fully saturated rings. The van der Waals surface area contributed by atoms with Crippen molar-refractivity contribution in [1.29, 1.82) is 0 Å². The SMILES string of the molecule is O=Cc1cccc(OCOCc2ccccc2)c1. The quantitative estimate of drug-likeness (QED) is 0.443. The molecule has 2 rings (SSSR count). The molecule has 0 aliphatic heterocycles. The maximum Gasteiger partial charge on any atom is 0.189 e. The minimum absolute atomic E-state index is 0.164. The average molecular weight is 242 g/mol. The number of carbonyl (C=O) groups is 1. The summed E-state index contributed by atoms with van der Waals surface area (Å²) in [6.45, 7) is 0.672. The first-order chi connectivity index (χ1) is 8.88. The lowest BCUT2D eigenvalue weighted by Gasteiger charge is -2.07. The molecule has 2 aromatic carbocycles. The van der Waals surface area contributed by atoms with Gasteiger partial charge in [-0.15, -0.1) is 0 Å². The van der Waals surface area contributed by atoms with E-state index >= 15 is 0 Å². The van der Waals surface area contributed by atoms with Crippen LogP contribution < -0.4 is 4.74 Å². The van der Waals surface area contributed by atoms with Gasteiger partial charge in [0.15, 0.2) is 6.79 Å². The van der Waals surface area contributed by atoms with Gasteiger partial charge in [0, 0.05) is 5.56 Å². The monoisotopic (exact) mass is 242 g/mol. The molecule has 0 radical (unpaired) electrons. The topological polar surface area (TPSA) is 35.5 Å². The number of carbonyl (C=O) groups excluding carboxylic acids is 1. The number of aldehydes is 1. The van der Waals surface area contributed by atoms with Crippen LogP contribution in [0.15, 0.2) is 54.6 Å². The third kappa shape index (κ3) is 3.71. The summed E-state index contributed by atoms with van der Waals surface area (Å²) in [6, 6.07) is 16.9. The summed E-state index contributed by atoms with van der Waals surface area (Å²) in [5.74, 6) is 0.632. The zero-order chi connectivity index (χ0) is 12.6. The van der Waals surface area contributed by atoms with Crippen LogP contribution in [0.2, 0.25) is 0 Å². The van der Waals surface area contributed by atoms with E-state index < -0.39 is 0 Å². The van der Waals surface area contributed by atoms with E-state index in [4.69, 9.17) is 9.47 Å². The normalized spacial score (nSPS) is 10.0. The van der Waals surface area contributed by atoms with Crippen LogP contribution >= 0.6 is 0 Å². The highest BCUT2D eigenvalue weighted by Gasteiger charge is 1.96. The maximum atomic E-state index is 10.6. The highest BCUT2D eigenvalue weighted by molar-refractivity contribution is 5.75. The molecule has 18 heavy (non-hydrogen) atoms. The molecule has 0 aromatic heterocycles. The first kappa shape index (κ1) is 12.3. The third-order valence-corrected chi connectivity index (χ3v) is 2.41. The molecule has 0 spiro atoms. The fourth-order valence-corrected chi connectivity index (χ4v) is 1.52. The van der Waals surface area contributed by atoms with Crippen molar-refractivity contribution in [2.24, 2.45) is 0 Å². The molecule has 3 heteroatoms. The van der Waals surface area contributed by atoms with Gasteiger partial charge >= 0.3 is 0 Å². The molecule has 0 amide bonds. The maximum absolute atomic E-state index is 10.6. The van der Waals surface area contributed by atoms with E-state index in [-0.39, 0.29) is 6.79 Å². The van der Waals surface area contributed by atoms with E-state index in [1.165, 1.54) is 0 Å². The summed E-state index contributed by atoms with van der Waals surface area (Å²) in [5, 5.41) is 0. The zero-order valence-electron chi connectivity index (χ0n) is 9.91. The fraction of sp³-hybridized carbons (Fsp3) is 0.133. The molecular weight excluding hydrogens is 228 g/mol. The lowest BCUT2D eigenvalue weighted by molar-refractivity contribution is 0.00502. The number of hydrogen-bond acceptors (Lipinski definition) is 3. The van der Waals surface area contributed by atoms with Gasteiger partial charge in [0.05, 0.1) is 6.61 Å². The van der Waals surface area contributed by atoms with E-state index in [1.54, 1.807) is 24.3 Å². The van der Waals surface area contributed by atoms with Crippen molar-refractivity contribution in [3.63, 3.8) is 0 Å². The predicted molar refractivity (Wildman–Crippen MR) is 68.6 cm³/mol. The Morgan fingerprint density at radius 1 is 1.00 bits per heavy atom. The largest absolute Gasteiger partial charge is 0.468 e. The van der Waals surface area contributed by atoms with Crippen molar-refractivity contribution in [3.8, 4) is 5.75 Å². The summed E-state index contributed by atoms with van der Waals surface area (Å²) >= 11 is 0. The van der Waals surface area contributed by atoms with Gasteiger partial charge in [-0.25, -0.2) is 0 Å². The number of hydrogen-bond donors (Lipinski definition) is 0. The van der Waals surface area contributed by atoms with E-state index in [0.717, 1.165) is 11.8 Å². The van der Waals surface area contributed by atoms with Gasteiger partial charge in [-0.1, -0.05) is 42.5 Å². The van der Waals surface area contributed by atoms with Crippen LogP contribution in [0.5, 0.6) is 5.75 Å². The van der Waals surface area contributed by atoms with Crippen molar-refractivity contribution < 1.29 is 14.3 Å². The second-order valence-electron chi connectivity index (χ2n) is 3.79. The fourth-order valence-electron chi connectivity index (χ4n) is 1.52. The van der Waals surface area contributed by atoms with Crippen molar-refractivity contribution in [2.45, 2.75) is 6.61 Å². The molecule has 0 bridgehead atoms. The highest BCUT2D eigenvalue weighted by Crippen LogP contribution is 2.12. The first-order valence-electron chi connectivity index (χ1n) is 5.68. The molecule has 92 valence electrons. The van der Waals surface area contributed by atoms with Crippen LogP contribution in [0.4, 0.5) is 0 Å². The van der Waals surface area contributed by atoms with Crippen molar-refractivity contribution in [3.05, 3.63) is 65.7 Å². The van der Waals surface area contributed by atoms with Crippen LogP contribution in [0, 0.1) is 0 Å². The number of benzene rings is 2. The van der Waals surface area contributed by atoms with E-state index in [0.29, 0.717) is 17.9 Å². The molecule has 0 unspecified atom stereocenters. The molecule has 0 aliphatic carbocycles. The van der Waals surface area contributed by atoms with Crippen LogP contribution in [-0.4, -0.2) is 13.1 Å². The van der Waals surface area contributed by atoms with E-state index in [9.17, 15) is 4.79 Å². The van der Waals surface area contributed by atoms with Crippen molar-refractivity contribution in [2.75, 3.05) is 6.79 Å². The molecule has 0 N–H and O–H groups in total. The van der Waals surface area contributed by atoms with Gasteiger partial charge in [0.1, 0.15) is 12.0 Å². The van der Waals surface area contributed by atoms with Crippen molar-refractivity contribution >= 4 is 6.29 Å². The van der Waals surface area contributed by atoms with Crippen molar-refractivity contribution in [1.82, 2.24) is 0 Å². The Bertz CT molecular complexity index is 494.